The molecule has 0 saturated carbocycles. The monoisotopic (exact) mass is 281 g/mol. The summed E-state index contributed by atoms with van der Waals surface area (Å²) >= 11 is 1.33. The first-order valence-corrected chi connectivity index (χ1v) is 6.82. The Labute approximate surface area is 111 Å². The number of primary amides is 1. The summed E-state index contributed by atoms with van der Waals surface area (Å²) in [6.07, 6.45) is 0.760. The summed E-state index contributed by atoms with van der Waals surface area (Å²) < 4.78 is 9.48. The Balaban J connectivity index is 2.00. The van der Waals surface area contributed by atoms with Crippen LogP contribution in [0.3, 0.4) is 0 Å². The fourth-order valence-corrected chi connectivity index (χ4v) is 2.41. The number of benzene rings is 1. The Kier molecular flexibility index (Phi) is 4.23. The highest BCUT2D eigenvalue weighted by Crippen LogP contribution is 2.18. The second-order valence-corrected chi connectivity index (χ2v) is 4.77. The van der Waals surface area contributed by atoms with Crippen LogP contribution in [0.4, 0.5) is 0 Å². The molecule has 0 radical (unpaired) electrons. The average molecular weight is 281 g/mol. The molecule has 1 aromatic heterocycles. The van der Waals surface area contributed by atoms with Crippen molar-refractivity contribution in [3.05, 3.63) is 40.4 Å². The van der Waals surface area contributed by atoms with E-state index in [4.69, 9.17) is 10.5 Å². The number of rotatable bonds is 5. The largest absolute Gasteiger partial charge is 0.488 e. The molecule has 5 nitrogen and oxygen atoms in total. The molecule has 2 rings (SSSR count). The summed E-state index contributed by atoms with van der Waals surface area (Å²) in [6.45, 7) is 0.428. The van der Waals surface area contributed by atoms with Gasteiger partial charge in [-0.25, -0.2) is 0 Å². The Morgan fingerprint density at radius 1 is 1.39 bits per heavy atom. The third kappa shape index (κ3) is 3.03. The third-order valence-electron chi connectivity index (χ3n) is 2.34. The standard InChI is InChI=1S/C11H12N3O2PS/c12-11(15)7-1-3-8(4-2-7)16-5-10-9(6-17)13-14-18-10/h1-4H,5-6,17H2,(H2,12,15). The van der Waals surface area contributed by atoms with Crippen LogP contribution in [0.2, 0.25) is 0 Å². The first kappa shape index (κ1) is 12.9. The molecule has 0 saturated heterocycles. The number of nitrogens with zero attached hydrogens (tertiary/aromatic N) is 2. The molecule has 1 amide bonds. The lowest BCUT2D eigenvalue weighted by atomic mass is 10.2. The van der Waals surface area contributed by atoms with Crippen molar-refractivity contribution >= 4 is 26.7 Å². The van der Waals surface area contributed by atoms with Gasteiger partial charge in [-0.2, -0.15) is 0 Å². The van der Waals surface area contributed by atoms with Gasteiger partial charge in [0.05, 0.1) is 10.6 Å². The van der Waals surface area contributed by atoms with Crippen LogP contribution >= 0.6 is 20.8 Å². The van der Waals surface area contributed by atoms with Gasteiger partial charge >= 0.3 is 0 Å². The molecular formula is C11H12N3O2PS. The van der Waals surface area contributed by atoms with Crippen LogP contribution in [-0.2, 0) is 12.8 Å². The highest BCUT2D eigenvalue weighted by molar-refractivity contribution is 7.15. The molecule has 18 heavy (non-hydrogen) atoms. The van der Waals surface area contributed by atoms with E-state index in [-0.39, 0.29) is 0 Å². The number of carbonyl (C=O) groups excluding carboxylic acids is 1. The van der Waals surface area contributed by atoms with E-state index < -0.39 is 5.91 Å². The van der Waals surface area contributed by atoms with E-state index in [0.717, 1.165) is 16.7 Å². The molecule has 0 aliphatic heterocycles. The van der Waals surface area contributed by atoms with Gasteiger partial charge in [0.1, 0.15) is 12.4 Å². The Morgan fingerprint density at radius 3 is 2.72 bits per heavy atom. The number of amides is 1. The summed E-state index contributed by atoms with van der Waals surface area (Å²) in [4.78, 5) is 11.9. The molecule has 0 aliphatic carbocycles. The summed E-state index contributed by atoms with van der Waals surface area (Å²) in [5, 5.41) is 3.99. The zero-order valence-electron chi connectivity index (χ0n) is 9.50. The van der Waals surface area contributed by atoms with E-state index in [1.807, 2.05) is 0 Å². The molecule has 2 aromatic rings. The van der Waals surface area contributed by atoms with Gasteiger partial charge < -0.3 is 10.5 Å². The van der Waals surface area contributed by atoms with Crippen molar-refractivity contribution in [2.75, 3.05) is 0 Å². The highest BCUT2D eigenvalue weighted by atomic mass is 32.1. The van der Waals surface area contributed by atoms with Gasteiger partial charge in [0.2, 0.25) is 5.91 Å². The molecule has 94 valence electrons. The minimum absolute atomic E-state index is 0.428. The third-order valence-corrected chi connectivity index (χ3v) is 3.46. The van der Waals surface area contributed by atoms with E-state index >= 15 is 0 Å². The number of carbonyl (C=O) groups is 1. The van der Waals surface area contributed by atoms with Gasteiger partial charge in [0.25, 0.3) is 0 Å². The van der Waals surface area contributed by atoms with Crippen LogP contribution in [0.1, 0.15) is 20.9 Å². The van der Waals surface area contributed by atoms with Crippen molar-refractivity contribution in [2.45, 2.75) is 12.8 Å². The van der Waals surface area contributed by atoms with E-state index in [9.17, 15) is 4.79 Å². The zero-order valence-corrected chi connectivity index (χ0v) is 11.5. The van der Waals surface area contributed by atoms with Crippen molar-refractivity contribution in [3.8, 4) is 5.75 Å². The summed E-state index contributed by atoms with van der Waals surface area (Å²) in [5.74, 6) is 0.238. The van der Waals surface area contributed by atoms with Crippen LogP contribution < -0.4 is 10.5 Å². The minimum atomic E-state index is -0.446. The van der Waals surface area contributed by atoms with Gasteiger partial charge in [-0.05, 0) is 35.8 Å². The molecule has 0 bridgehead atoms. The number of aromatic nitrogens is 2. The van der Waals surface area contributed by atoms with E-state index in [1.54, 1.807) is 24.3 Å². The smallest absolute Gasteiger partial charge is 0.248 e. The molecule has 1 atom stereocenters. The van der Waals surface area contributed by atoms with E-state index in [2.05, 4.69) is 18.8 Å². The van der Waals surface area contributed by atoms with Gasteiger partial charge in [-0.15, -0.1) is 14.3 Å². The lowest BCUT2D eigenvalue weighted by Crippen LogP contribution is -2.10. The molecule has 0 fully saturated rings. The number of ether oxygens (including phenoxy) is 1. The van der Waals surface area contributed by atoms with Crippen molar-refractivity contribution in [1.29, 1.82) is 0 Å². The lowest BCUT2D eigenvalue weighted by Gasteiger charge is -2.05. The summed E-state index contributed by atoms with van der Waals surface area (Å²) in [7, 11) is 2.61. The van der Waals surface area contributed by atoms with Gasteiger partial charge in [0, 0.05) is 11.7 Å². The number of nitrogens with two attached hydrogens (primary N) is 1. The minimum Gasteiger partial charge on any atom is -0.488 e. The van der Waals surface area contributed by atoms with E-state index in [0.29, 0.717) is 17.9 Å². The number of hydrogen-bond acceptors (Lipinski definition) is 5. The van der Waals surface area contributed by atoms with Crippen LogP contribution in [0, 0.1) is 0 Å². The second-order valence-electron chi connectivity index (χ2n) is 3.52. The van der Waals surface area contributed by atoms with Crippen LogP contribution in [0.5, 0.6) is 5.75 Å². The van der Waals surface area contributed by atoms with Crippen LogP contribution in [-0.4, -0.2) is 15.5 Å². The van der Waals surface area contributed by atoms with E-state index in [1.165, 1.54) is 11.5 Å². The fraction of sp³-hybridized carbons (Fsp3) is 0.182. The van der Waals surface area contributed by atoms with Crippen molar-refractivity contribution in [1.82, 2.24) is 9.59 Å². The normalized spacial score (nSPS) is 10.3. The predicted molar refractivity (Wildman–Crippen MR) is 72.6 cm³/mol. The SMILES string of the molecule is NC(=O)c1ccc(OCc2snnc2CP)cc1. The van der Waals surface area contributed by atoms with Crippen molar-refractivity contribution in [3.63, 3.8) is 0 Å². The van der Waals surface area contributed by atoms with Crippen LogP contribution in [0.25, 0.3) is 0 Å². The zero-order chi connectivity index (χ0) is 13.0. The Morgan fingerprint density at radius 2 is 2.11 bits per heavy atom. The second kappa shape index (κ2) is 5.89. The molecule has 1 aromatic carbocycles. The predicted octanol–water partition coefficient (Wildman–Crippen LogP) is 1.59. The Hall–Kier alpha value is -1.52. The summed E-state index contributed by atoms with van der Waals surface area (Å²) in [5.41, 5.74) is 6.55. The van der Waals surface area contributed by atoms with Gasteiger partial charge in [0.15, 0.2) is 0 Å². The average Bonchev–Trinajstić information content (AvgIpc) is 2.84. The topological polar surface area (TPSA) is 78.1 Å². The maximum absolute atomic E-state index is 10.9. The van der Waals surface area contributed by atoms with Gasteiger partial charge in [-0.3, -0.25) is 4.79 Å². The molecule has 0 spiro atoms. The lowest BCUT2D eigenvalue weighted by molar-refractivity contribution is 0.100. The van der Waals surface area contributed by atoms with Crippen molar-refractivity contribution in [2.24, 2.45) is 5.73 Å². The van der Waals surface area contributed by atoms with Crippen molar-refractivity contribution < 1.29 is 9.53 Å². The maximum Gasteiger partial charge on any atom is 0.248 e. The molecule has 1 unspecified atom stereocenters. The van der Waals surface area contributed by atoms with Gasteiger partial charge in [-0.1, -0.05) is 4.49 Å². The molecule has 1 heterocycles. The first-order valence-electron chi connectivity index (χ1n) is 5.23. The maximum atomic E-state index is 10.9. The first-order chi connectivity index (χ1) is 8.70. The Bertz CT molecular complexity index is 541. The molecular weight excluding hydrogens is 269 g/mol. The quantitative estimate of drug-likeness (QED) is 0.844. The summed E-state index contributed by atoms with van der Waals surface area (Å²) in [6, 6.07) is 6.71. The van der Waals surface area contributed by atoms with Crippen LogP contribution in [0.15, 0.2) is 24.3 Å². The molecule has 0 aliphatic rings. The molecule has 7 heteroatoms. The molecule has 2 N–H and O–H groups in total. The highest BCUT2D eigenvalue weighted by Gasteiger charge is 2.07. The fourth-order valence-electron chi connectivity index (χ4n) is 1.36. The number of hydrogen-bond donors (Lipinski definition) is 1.